The van der Waals surface area contributed by atoms with Gasteiger partial charge in [-0.05, 0) is 17.7 Å². The fraction of sp³-hybridized carbons (Fsp3) is 0.125. The van der Waals surface area contributed by atoms with Crippen LogP contribution in [0.5, 0.6) is 0 Å². The molecule has 5 heteroatoms. The number of benzene rings is 2. The summed E-state index contributed by atoms with van der Waals surface area (Å²) in [4.78, 5) is 12.4. The van der Waals surface area contributed by atoms with Crippen molar-refractivity contribution in [3.8, 4) is 0 Å². The van der Waals surface area contributed by atoms with Gasteiger partial charge in [-0.25, -0.2) is 4.79 Å². The van der Waals surface area contributed by atoms with Crippen LogP contribution in [0.1, 0.15) is 22.9 Å². The Morgan fingerprint density at radius 1 is 1.38 bits per heavy atom. The molecule has 4 nitrogen and oxygen atoms in total. The Labute approximate surface area is 129 Å². The number of nitrogens with two attached hydrogens (primary N) is 1. The van der Waals surface area contributed by atoms with E-state index in [1.165, 1.54) is 24.4 Å². The Kier molecular flexibility index (Phi) is 5.00. The second kappa shape index (κ2) is 6.95. The monoisotopic (exact) mass is 302 g/mol. The summed E-state index contributed by atoms with van der Waals surface area (Å²) in [5.41, 5.74) is 8.65. The maximum atomic E-state index is 11.7. The predicted octanol–water partition coefficient (Wildman–Crippen LogP) is 3.59. The topological polar surface area (TPSA) is 76.2 Å². The van der Waals surface area contributed by atoms with Crippen LogP contribution >= 0.6 is 11.8 Å². The summed E-state index contributed by atoms with van der Waals surface area (Å²) in [5.74, 6) is 0.312. The quantitative estimate of drug-likeness (QED) is 0.383. The van der Waals surface area contributed by atoms with Crippen LogP contribution in [0.15, 0.2) is 47.4 Å². The minimum atomic E-state index is -0.431. The normalized spacial score (nSPS) is 10.1. The molecule has 0 saturated carbocycles. The fourth-order valence-corrected chi connectivity index (χ4v) is 2.86. The molecular formula is C16H18N2O2S. The molecule has 3 N–H and O–H groups in total. The van der Waals surface area contributed by atoms with Crippen molar-refractivity contribution >= 4 is 29.6 Å². The minimum absolute atomic E-state index is 0. The lowest BCUT2D eigenvalue weighted by atomic mass is 10.1. The van der Waals surface area contributed by atoms with Gasteiger partial charge >= 0.3 is 5.97 Å². The van der Waals surface area contributed by atoms with Gasteiger partial charge in [0.15, 0.2) is 0 Å². The Hall–Kier alpha value is -2.27. The summed E-state index contributed by atoms with van der Waals surface area (Å²) in [7, 11) is 1.33. The zero-order valence-electron chi connectivity index (χ0n) is 11.6. The molecule has 2 rings (SSSR count). The summed E-state index contributed by atoms with van der Waals surface area (Å²) in [6.45, 7) is 0. The van der Waals surface area contributed by atoms with Crippen LogP contribution < -0.4 is 5.73 Å². The highest BCUT2D eigenvalue weighted by atomic mass is 32.2. The highest BCUT2D eigenvalue weighted by molar-refractivity contribution is 7.98. The van der Waals surface area contributed by atoms with Gasteiger partial charge in [0.1, 0.15) is 0 Å². The third-order valence-electron chi connectivity index (χ3n) is 2.99. The number of methoxy groups -OCH3 is 1. The van der Waals surface area contributed by atoms with Crippen LogP contribution in [0.2, 0.25) is 0 Å². The molecule has 0 bridgehead atoms. The third kappa shape index (κ3) is 3.64. The second-order valence-corrected chi connectivity index (χ2v) is 5.40. The van der Waals surface area contributed by atoms with Crippen molar-refractivity contribution in [1.82, 2.24) is 0 Å². The SMILES string of the molecule is COC(=O)c1cc(C=N)c(N)c(SCc2ccccc2)c1.[HH]. The van der Waals surface area contributed by atoms with E-state index in [1.54, 1.807) is 12.1 Å². The molecule has 0 spiro atoms. The zero-order chi connectivity index (χ0) is 15.2. The smallest absolute Gasteiger partial charge is 0.337 e. The largest absolute Gasteiger partial charge is 0.465 e. The number of nitrogen functional groups attached to an aromatic ring is 1. The van der Waals surface area contributed by atoms with Gasteiger partial charge < -0.3 is 15.9 Å². The van der Waals surface area contributed by atoms with E-state index in [9.17, 15) is 4.79 Å². The molecule has 21 heavy (non-hydrogen) atoms. The maximum Gasteiger partial charge on any atom is 0.337 e. The number of thioether (sulfide) groups is 1. The molecule has 0 unspecified atom stereocenters. The number of hydrogen-bond acceptors (Lipinski definition) is 5. The number of nitrogens with one attached hydrogen (secondary N) is 1. The van der Waals surface area contributed by atoms with E-state index >= 15 is 0 Å². The van der Waals surface area contributed by atoms with E-state index < -0.39 is 5.97 Å². The van der Waals surface area contributed by atoms with E-state index in [1.807, 2.05) is 30.3 Å². The molecule has 2 aromatic rings. The Bertz CT molecular complexity index is 663. The van der Waals surface area contributed by atoms with Gasteiger partial charge in [0.2, 0.25) is 0 Å². The van der Waals surface area contributed by atoms with Crippen LogP contribution in [-0.4, -0.2) is 19.3 Å². The molecule has 2 aromatic carbocycles. The standard InChI is InChI=1S/C16H16N2O2S.H2/c1-20-16(19)12-7-13(9-17)15(18)14(8-12)21-10-11-5-3-2-4-6-11;/h2-9,17H,10,18H2,1H3;1H. The summed E-state index contributed by atoms with van der Waals surface area (Å²) < 4.78 is 4.73. The van der Waals surface area contributed by atoms with Crippen LogP contribution in [0.4, 0.5) is 5.69 Å². The number of hydrogen-bond donors (Lipinski definition) is 2. The van der Waals surface area contributed by atoms with E-state index in [2.05, 4.69) is 0 Å². The van der Waals surface area contributed by atoms with Crippen LogP contribution in [0.3, 0.4) is 0 Å². The first-order chi connectivity index (χ1) is 10.2. The Morgan fingerprint density at radius 2 is 2.10 bits per heavy atom. The van der Waals surface area contributed by atoms with Gasteiger partial charge in [-0.2, -0.15) is 0 Å². The van der Waals surface area contributed by atoms with Crippen LogP contribution in [-0.2, 0) is 10.5 Å². The lowest BCUT2D eigenvalue weighted by Gasteiger charge is -2.10. The van der Waals surface area contributed by atoms with Crippen molar-refractivity contribution in [1.29, 1.82) is 5.41 Å². The lowest BCUT2D eigenvalue weighted by molar-refractivity contribution is 0.0600. The number of anilines is 1. The minimum Gasteiger partial charge on any atom is -0.465 e. The van der Waals surface area contributed by atoms with Crippen molar-refractivity contribution in [2.24, 2.45) is 0 Å². The summed E-state index contributed by atoms with van der Waals surface area (Å²) in [5, 5.41) is 7.41. The van der Waals surface area contributed by atoms with Crippen molar-refractivity contribution in [2.45, 2.75) is 10.6 Å². The number of rotatable bonds is 5. The zero-order valence-corrected chi connectivity index (χ0v) is 12.4. The molecule has 0 aliphatic heterocycles. The van der Waals surface area contributed by atoms with E-state index in [0.29, 0.717) is 16.8 Å². The number of esters is 1. The Morgan fingerprint density at radius 3 is 2.71 bits per heavy atom. The average Bonchev–Trinajstić information content (AvgIpc) is 2.54. The molecule has 0 aromatic heterocycles. The molecule has 110 valence electrons. The molecule has 0 aliphatic rings. The van der Waals surface area contributed by atoms with Crippen molar-refractivity contribution in [2.75, 3.05) is 12.8 Å². The average molecular weight is 302 g/mol. The molecule has 0 fully saturated rings. The highest BCUT2D eigenvalue weighted by Crippen LogP contribution is 2.31. The van der Waals surface area contributed by atoms with Gasteiger partial charge in [-0.3, -0.25) is 0 Å². The summed E-state index contributed by atoms with van der Waals surface area (Å²) in [6, 6.07) is 13.3. The molecule has 0 saturated heterocycles. The summed E-state index contributed by atoms with van der Waals surface area (Å²) >= 11 is 1.54. The third-order valence-corrected chi connectivity index (χ3v) is 4.11. The van der Waals surface area contributed by atoms with Gasteiger partial charge in [-0.1, -0.05) is 30.3 Å². The first-order valence-corrected chi connectivity index (χ1v) is 7.33. The second-order valence-electron chi connectivity index (χ2n) is 4.39. The number of ether oxygens (including phenoxy) is 1. The molecular weight excluding hydrogens is 284 g/mol. The molecule has 0 amide bonds. The van der Waals surface area contributed by atoms with E-state index in [0.717, 1.165) is 16.9 Å². The van der Waals surface area contributed by atoms with Crippen LogP contribution in [0, 0.1) is 5.41 Å². The molecule has 0 radical (unpaired) electrons. The summed E-state index contributed by atoms with van der Waals surface area (Å²) in [6.07, 6.45) is 1.15. The van der Waals surface area contributed by atoms with Crippen molar-refractivity contribution in [3.05, 3.63) is 59.2 Å². The van der Waals surface area contributed by atoms with Gasteiger partial charge in [-0.15, -0.1) is 11.8 Å². The van der Waals surface area contributed by atoms with Gasteiger partial charge in [0.05, 0.1) is 18.4 Å². The molecule has 0 atom stereocenters. The van der Waals surface area contributed by atoms with Crippen molar-refractivity contribution in [3.63, 3.8) is 0 Å². The maximum absolute atomic E-state index is 11.7. The fourth-order valence-electron chi connectivity index (χ4n) is 1.86. The number of carbonyl (C=O) groups excluding carboxylic acids is 1. The number of carbonyl (C=O) groups is 1. The van der Waals surface area contributed by atoms with Crippen molar-refractivity contribution < 1.29 is 11.0 Å². The molecule has 0 heterocycles. The van der Waals surface area contributed by atoms with Gasteiger partial charge in [0.25, 0.3) is 0 Å². The van der Waals surface area contributed by atoms with E-state index in [-0.39, 0.29) is 1.43 Å². The van der Waals surface area contributed by atoms with Gasteiger partial charge in [0, 0.05) is 23.9 Å². The predicted molar refractivity (Wildman–Crippen MR) is 88.2 cm³/mol. The highest BCUT2D eigenvalue weighted by Gasteiger charge is 2.13. The first kappa shape index (κ1) is 15.1. The Balaban J connectivity index is 0.00000242. The lowest BCUT2D eigenvalue weighted by Crippen LogP contribution is -2.05. The molecule has 0 aliphatic carbocycles. The first-order valence-electron chi connectivity index (χ1n) is 6.34. The van der Waals surface area contributed by atoms with E-state index in [4.69, 9.17) is 15.9 Å². The van der Waals surface area contributed by atoms with Crippen LogP contribution in [0.25, 0.3) is 0 Å².